The largest absolute Gasteiger partial charge is 0.383 e. The molecule has 1 fully saturated rings. The Hall–Kier alpha value is -1.14. The van der Waals surface area contributed by atoms with Gasteiger partial charge < -0.3 is 20.7 Å². The lowest BCUT2D eigenvalue weighted by molar-refractivity contribution is -0.126. The van der Waals surface area contributed by atoms with Gasteiger partial charge in [0.15, 0.2) is 0 Å². The predicted molar refractivity (Wildman–Crippen MR) is 72.7 cm³/mol. The van der Waals surface area contributed by atoms with Gasteiger partial charge in [0.25, 0.3) is 0 Å². The Labute approximate surface area is 114 Å². The highest BCUT2D eigenvalue weighted by molar-refractivity contribution is 5.80. The molecule has 1 saturated heterocycles. The van der Waals surface area contributed by atoms with Crippen LogP contribution < -0.4 is 16.0 Å². The number of hydrogen-bond acceptors (Lipinski definition) is 4. The molecule has 1 heterocycles. The van der Waals surface area contributed by atoms with Crippen LogP contribution in [0.2, 0.25) is 0 Å². The third-order valence-corrected chi connectivity index (χ3v) is 3.22. The van der Waals surface area contributed by atoms with Crippen LogP contribution in [0.1, 0.15) is 19.8 Å². The molecule has 6 nitrogen and oxygen atoms in total. The Morgan fingerprint density at radius 3 is 2.74 bits per heavy atom. The second kappa shape index (κ2) is 8.87. The van der Waals surface area contributed by atoms with Gasteiger partial charge in [-0.15, -0.1) is 0 Å². The summed E-state index contributed by atoms with van der Waals surface area (Å²) in [7, 11) is 1.59. The van der Waals surface area contributed by atoms with Crippen molar-refractivity contribution in [2.24, 2.45) is 11.8 Å². The lowest BCUT2D eigenvalue weighted by atomic mass is 9.91. The molecule has 1 rings (SSSR count). The van der Waals surface area contributed by atoms with Gasteiger partial charge >= 0.3 is 0 Å². The highest BCUT2D eigenvalue weighted by atomic mass is 16.5. The van der Waals surface area contributed by atoms with Crippen LogP contribution in [0.25, 0.3) is 0 Å². The summed E-state index contributed by atoms with van der Waals surface area (Å²) in [5.41, 5.74) is 0. The normalized spacial score (nSPS) is 22.8. The van der Waals surface area contributed by atoms with Crippen LogP contribution in [-0.2, 0) is 14.3 Å². The lowest BCUT2D eigenvalue weighted by Gasteiger charge is -2.26. The van der Waals surface area contributed by atoms with Gasteiger partial charge in [-0.05, 0) is 18.9 Å². The van der Waals surface area contributed by atoms with Crippen LogP contribution in [0.3, 0.4) is 0 Å². The van der Waals surface area contributed by atoms with E-state index >= 15 is 0 Å². The molecule has 110 valence electrons. The maximum Gasteiger partial charge on any atom is 0.224 e. The number of methoxy groups -OCH3 is 1. The molecule has 0 aliphatic carbocycles. The highest BCUT2D eigenvalue weighted by Crippen LogP contribution is 2.15. The van der Waals surface area contributed by atoms with Gasteiger partial charge in [0.05, 0.1) is 12.5 Å². The number of ether oxygens (including phenoxy) is 1. The van der Waals surface area contributed by atoms with Crippen LogP contribution in [0.5, 0.6) is 0 Å². The van der Waals surface area contributed by atoms with E-state index in [1.54, 1.807) is 7.11 Å². The average Bonchev–Trinajstić information content (AvgIpc) is 2.39. The molecule has 0 radical (unpaired) electrons. The van der Waals surface area contributed by atoms with Crippen molar-refractivity contribution in [2.45, 2.75) is 19.8 Å². The Morgan fingerprint density at radius 2 is 2.05 bits per heavy atom. The molecule has 2 atom stereocenters. The summed E-state index contributed by atoms with van der Waals surface area (Å²) in [6, 6.07) is 0. The average molecular weight is 271 g/mol. The Kier molecular flexibility index (Phi) is 7.43. The SMILES string of the molecule is COCCNC(=O)CCNC(=O)C1CNCC(C)C1. The van der Waals surface area contributed by atoms with E-state index in [0.29, 0.717) is 32.0 Å². The highest BCUT2D eigenvalue weighted by Gasteiger charge is 2.24. The van der Waals surface area contributed by atoms with Gasteiger partial charge in [0.1, 0.15) is 0 Å². The molecule has 2 unspecified atom stereocenters. The summed E-state index contributed by atoms with van der Waals surface area (Å²) < 4.78 is 4.83. The van der Waals surface area contributed by atoms with E-state index < -0.39 is 0 Å². The third kappa shape index (κ3) is 6.54. The number of carbonyl (C=O) groups excluding carboxylic acids is 2. The molecule has 1 aliphatic rings. The van der Waals surface area contributed by atoms with Crippen LogP contribution in [0.15, 0.2) is 0 Å². The standard InChI is InChI=1S/C13H25N3O3/c1-10-7-11(9-14-8-10)13(18)16-4-3-12(17)15-5-6-19-2/h10-11,14H,3-9H2,1-2H3,(H,15,17)(H,16,18). The minimum absolute atomic E-state index is 0.0281. The number of amides is 2. The van der Waals surface area contributed by atoms with Crippen molar-refractivity contribution >= 4 is 11.8 Å². The number of carbonyl (C=O) groups is 2. The molecule has 0 saturated carbocycles. The Balaban J connectivity index is 2.11. The number of rotatable bonds is 7. The fourth-order valence-corrected chi connectivity index (χ4v) is 2.18. The number of hydrogen-bond donors (Lipinski definition) is 3. The molecule has 2 amide bonds. The van der Waals surface area contributed by atoms with E-state index in [0.717, 1.165) is 19.5 Å². The van der Waals surface area contributed by atoms with Crippen molar-refractivity contribution in [1.82, 2.24) is 16.0 Å². The summed E-state index contributed by atoms with van der Waals surface area (Å²) in [4.78, 5) is 23.3. The quantitative estimate of drug-likeness (QED) is 0.546. The van der Waals surface area contributed by atoms with E-state index in [1.807, 2.05) is 0 Å². The summed E-state index contributed by atoms with van der Waals surface area (Å²) in [5, 5.41) is 8.78. The molecule has 3 N–H and O–H groups in total. The fourth-order valence-electron chi connectivity index (χ4n) is 2.18. The number of piperidine rings is 1. The van der Waals surface area contributed by atoms with E-state index in [9.17, 15) is 9.59 Å². The first-order chi connectivity index (χ1) is 9.13. The molecular weight excluding hydrogens is 246 g/mol. The van der Waals surface area contributed by atoms with Gasteiger partial charge in [-0.3, -0.25) is 9.59 Å². The molecule has 1 aliphatic heterocycles. The van der Waals surface area contributed by atoms with E-state index in [-0.39, 0.29) is 17.7 Å². The number of nitrogens with one attached hydrogen (secondary N) is 3. The van der Waals surface area contributed by atoms with Crippen molar-refractivity contribution in [2.75, 3.05) is 39.9 Å². The van der Waals surface area contributed by atoms with Crippen molar-refractivity contribution in [3.8, 4) is 0 Å². The first-order valence-corrected chi connectivity index (χ1v) is 6.87. The van der Waals surface area contributed by atoms with Crippen LogP contribution in [0.4, 0.5) is 0 Å². The monoisotopic (exact) mass is 271 g/mol. The maximum absolute atomic E-state index is 11.9. The van der Waals surface area contributed by atoms with E-state index in [4.69, 9.17) is 4.74 Å². The molecule has 0 aromatic heterocycles. The summed E-state index contributed by atoms with van der Waals surface area (Å²) in [6.45, 7) is 5.25. The minimum atomic E-state index is -0.0625. The second-order valence-corrected chi connectivity index (χ2v) is 5.08. The first-order valence-electron chi connectivity index (χ1n) is 6.87. The zero-order chi connectivity index (χ0) is 14.1. The van der Waals surface area contributed by atoms with Crippen molar-refractivity contribution in [3.05, 3.63) is 0 Å². The van der Waals surface area contributed by atoms with Gasteiger partial charge in [-0.2, -0.15) is 0 Å². The van der Waals surface area contributed by atoms with Gasteiger partial charge in [0, 0.05) is 33.2 Å². The topological polar surface area (TPSA) is 79.5 Å². The molecule has 19 heavy (non-hydrogen) atoms. The molecule has 0 spiro atoms. The van der Waals surface area contributed by atoms with Crippen LogP contribution >= 0.6 is 0 Å². The smallest absolute Gasteiger partial charge is 0.224 e. The maximum atomic E-state index is 11.9. The minimum Gasteiger partial charge on any atom is -0.383 e. The van der Waals surface area contributed by atoms with Gasteiger partial charge in [-0.25, -0.2) is 0 Å². The molecule has 6 heteroatoms. The molecule has 0 bridgehead atoms. The van der Waals surface area contributed by atoms with Crippen molar-refractivity contribution < 1.29 is 14.3 Å². The predicted octanol–water partition coefficient (Wildman–Crippen LogP) is -0.499. The second-order valence-electron chi connectivity index (χ2n) is 5.08. The van der Waals surface area contributed by atoms with E-state index in [1.165, 1.54) is 0 Å². The zero-order valence-electron chi connectivity index (χ0n) is 11.8. The lowest BCUT2D eigenvalue weighted by Crippen LogP contribution is -2.44. The Bertz CT molecular complexity index is 297. The molecular formula is C13H25N3O3. The first kappa shape index (κ1) is 15.9. The van der Waals surface area contributed by atoms with Crippen molar-refractivity contribution in [3.63, 3.8) is 0 Å². The van der Waals surface area contributed by atoms with E-state index in [2.05, 4.69) is 22.9 Å². The summed E-state index contributed by atoms with van der Waals surface area (Å²) in [6.07, 6.45) is 1.23. The van der Waals surface area contributed by atoms with Gasteiger partial charge in [-0.1, -0.05) is 6.92 Å². The Morgan fingerprint density at radius 1 is 1.26 bits per heavy atom. The summed E-state index contributed by atoms with van der Waals surface area (Å²) >= 11 is 0. The molecule has 0 aromatic rings. The van der Waals surface area contributed by atoms with Crippen LogP contribution in [0, 0.1) is 11.8 Å². The molecule has 0 aromatic carbocycles. The third-order valence-electron chi connectivity index (χ3n) is 3.22. The fraction of sp³-hybridized carbons (Fsp3) is 0.846. The summed E-state index contributed by atoms with van der Waals surface area (Å²) in [5.74, 6) is 0.540. The zero-order valence-corrected chi connectivity index (χ0v) is 11.8. The van der Waals surface area contributed by atoms with Crippen LogP contribution in [-0.4, -0.2) is 51.7 Å². The van der Waals surface area contributed by atoms with Gasteiger partial charge in [0.2, 0.25) is 11.8 Å². The van der Waals surface area contributed by atoms with Crippen molar-refractivity contribution in [1.29, 1.82) is 0 Å².